The molecule has 14 heteroatoms. The van der Waals surface area contributed by atoms with Gasteiger partial charge in [-0.25, -0.2) is 15.4 Å². The lowest BCUT2D eigenvalue weighted by atomic mass is 10.2. The van der Waals surface area contributed by atoms with Gasteiger partial charge in [0.05, 0.1) is 51.8 Å². The highest BCUT2D eigenvalue weighted by Crippen LogP contribution is 2.09. The number of nitrogens with zero attached hydrogens (tertiary/aromatic N) is 4. The highest BCUT2D eigenvalue weighted by molar-refractivity contribution is 5.75. The Morgan fingerprint density at radius 1 is 1.30 bits per heavy atom. The van der Waals surface area contributed by atoms with E-state index >= 15 is 0 Å². The second kappa shape index (κ2) is 13.0. The SMILES string of the molecule is NCCNC(=O)Cn1cc(COCCOCC(O)CNC(=O)N2CC(ON)C2)nn1. The number of ether oxygens (including phenoxy) is 2. The molecule has 170 valence electrons. The van der Waals surface area contributed by atoms with Crippen LogP contribution >= 0.6 is 0 Å². The molecule has 1 aliphatic rings. The van der Waals surface area contributed by atoms with E-state index in [-0.39, 0.29) is 57.6 Å². The van der Waals surface area contributed by atoms with Crippen molar-refractivity contribution in [2.75, 3.05) is 52.5 Å². The Labute approximate surface area is 173 Å². The van der Waals surface area contributed by atoms with E-state index in [4.69, 9.17) is 21.1 Å². The fourth-order valence-corrected chi connectivity index (χ4v) is 2.48. The van der Waals surface area contributed by atoms with Crippen LogP contribution in [-0.2, 0) is 32.3 Å². The number of nitrogens with one attached hydrogen (secondary N) is 2. The molecule has 1 aliphatic heterocycles. The van der Waals surface area contributed by atoms with Gasteiger partial charge < -0.3 is 35.8 Å². The number of nitrogens with two attached hydrogens (primary N) is 2. The Morgan fingerprint density at radius 3 is 2.80 bits per heavy atom. The zero-order valence-corrected chi connectivity index (χ0v) is 16.7. The quantitative estimate of drug-likeness (QED) is 0.146. The molecule has 0 spiro atoms. The van der Waals surface area contributed by atoms with Gasteiger partial charge in [0, 0.05) is 19.6 Å². The molecule has 1 fully saturated rings. The number of hydrogen-bond donors (Lipinski definition) is 5. The predicted octanol–water partition coefficient (Wildman–Crippen LogP) is -3.47. The van der Waals surface area contributed by atoms with Crippen LogP contribution in [0.3, 0.4) is 0 Å². The van der Waals surface area contributed by atoms with Crippen molar-refractivity contribution in [1.82, 2.24) is 30.5 Å². The van der Waals surface area contributed by atoms with Crippen LogP contribution in [0.15, 0.2) is 6.20 Å². The van der Waals surface area contributed by atoms with E-state index in [0.29, 0.717) is 31.9 Å². The smallest absolute Gasteiger partial charge is 0.317 e. The molecule has 1 atom stereocenters. The number of hydrogen-bond acceptors (Lipinski definition) is 10. The first-order valence-corrected chi connectivity index (χ1v) is 9.59. The van der Waals surface area contributed by atoms with Gasteiger partial charge in [-0.1, -0.05) is 5.21 Å². The van der Waals surface area contributed by atoms with Crippen LogP contribution in [0.4, 0.5) is 4.79 Å². The third-order valence-electron chi connectivity index (χ3n) is 4.11. The lowest BCUT2D eigenvalue weighted by Gasteiger charge is -2.37. The normalized spacial score (nSPS) is 15.0. The van der Waals surface area contributed by atoms with E-state index < -0.39 is 6.10 Å². The number of aliphatic hydroxyl groups is 1. The summed E-state index contributed by atoms with van der Waals surface area (Å²) >= 11 is 0. The lowest BCUT2D eigenvalue weighted by molar-refractivity contribution is -0.121. The van der Waals surface area contributed by atoms with Gasteiger partial charge in [-0.05, 0) is 0 Å². The van der Waals surface area contributed by atoms with Crippen molar-refractivity contribution in [3.63, 3.8) is 0 Å². The number of amides is 3. The number of carbonyl (C=O) groups excluding carboxylic acids is 2. The maximum absolute atomic E-state index is 11.8. The van der Waals surface area contributed by atoms with Gasteiger partial charge in [0.1, 0.15) is 18.3 Å². The second-order valence-corrected chi connectivity index (χ2v) is 6.68. The molecule has 2 heterocycles. The average molecular weight is 430 g/mol. The van der Waals surface area contributed by atoms with E-state index in [1.54, 1.807) is 6.20 Å². The monoisotopic (exact) mass is 430 g/mol. The molecule has 3 amide bonds. The van der Waals surface area contributed by atoms with E-state index in [2.05, 4.69) is 25.8 Å². The molecular weight excluding hydrogens is 400 g/mol. The molecular formula is C16H30N8O6. The molecule has 0 aromatic carbocycles. The number of rotatable bonds is 14. The summed E-state index contributed by atoms with van der Waals surface area (Å²) in [5.41, 5.74) is 5.90. The molecule has 0 saturated carbocycles. The summed E-state index contributed by atoms with van der Waals surface area (Å²) in [7, 11) is 0. The molecule has 0 aliphatic carbocycles. The largest absolute Gasteiger partial charge is 0.389 e. The Bertz CT molecular complexity index is 653. The molecule has 0 radical (unpaired) electrons. The average Bonchev–Trinajstić information content (AvgIpc) is 3.13. The summed E-state index contributed by atoms with van der Waals surface area (Å²) in [6.07, 6.45) is 0.659. The summed E-state index contributed by atoms with van der Waals surface area (Å²) in [5.74, 6) is 4.83. The molecule has 7 N–H and O–H groups in total. The van der Waals surface area contributed by atoms with Crippen LogP contribution in [0, 0.1) is 0 Å². The fraction of sp³-hybridized carbons (Fsp3) is 0.750. The van der Waals surface area contributed by atoms with Crippen molar-refractivity contribution >= 4 is 11.9 Å². The van der Waals surface area contributed by atoms with Crippen molar-refractivity contribution in [2.24, 2.45) is 11.6 Å². The van der Waals surface area contributed by atoms with Gasteiger partial charge in [0.2, 0.25) is 5.91 Å². The van der Waals surface area contributed by atoms with Gasteiger partial charge in [-0.2, -0.15) is 0 Å². The van der Waals surface area contributed by atoms with E-state index in [0.717, 1.165) is 0 Å². The van der Waals surface area contributed by atoms with Gasteiger partial charge in [-0.15, -0.1) is 5.10 Å². The van der Waals surface area contributed by atoms with Crippen LogP contribution in [0.25, 0.3) is 0 Å². The van der Waals surface area contributed by atoms with Crippen LogP contribution < -0.4 is 22.3 Å². The fourth-order valence-electron chi connectivity index (χ4n) is 2.48. The van der Waals surface area contributed by atoms with Gasteiger partial charge in [-0.3, -0.25) is 9.63 Å². The summed E-state index contributed by atoms with van der Waals surface area (Å²) in [6.45, 7) is 2.62. The number of aromatic nitrogens is 3. The minimum Gasteiger partial charge on any atom is -0.389 e. The molecule has 1 saturated heterocycles. The first-order valence-electron chi connectivity index (χ1n) is 9.59. The summed E-state index contributed by atoms with van der Waals surface area (Å²) in [6, 6.07) is -0.282. The van der Waals surface area contributed by atoms with Gasteiger partial charge in [0.25, 0.3) is 0 Å². The topological polar surface area (TPSA) is 192 Å². The van der Waals surface area contributed by atoms with Crippen molar-refractivity contribution in [3.05, 3.63) is 11.9 Å². The van der Waals surface area contributed by atoms with Crippen molar-refractivity contribution in [1.29, 1.82) is 0 Å². The molecule has 1 unspecified atom stereocenters. The van der Waals surface area contributed by atoms with Crippen molar-refractivity contribution < 1.29 is 29.0 Å². The minimum absolute atomic E-state index is 0.0592. The lowest BCUT2D eigenvalue weighted by Crippen LogP contribution is -2.59. The van der Waals surface area contributed by atoms with Crippen LogP contribution in [0.5, 0.6) is 0 Å². The first-order chi connectivity index (χ1) is 14.5. The number of aliphatic hydroxyl groups excluding tert-OH is 1. The van der Waals surface area contributed by atoms with Crippen molar-refractivity contribution in [2.45, 2.75) is 25.4 Å². The van der Waals surface area contributed by atoms with E-state index in [1.165, 1.54) is 9.58 Å². The van der Waals surface area contributed by atoms with Crippen LogP contribution in [0.2, 0.25) is 0 Å². The summed E-state index contributed by atoms with van der Waals surface area (Å²) < 4.78 is 12.1. The zero-order chi connectivity index (χ0) is 21.8. The Balaban J connectivity index is 1.47. The molecule has 0 bridgehead atoms. The molecule has 14 nitrogen and oxygen atoms in total. The minimum atomic E-state index is -0.831. The Morgan fingerprint density at radius 2 is 2.07 bits per heavy atom. The molecule has 30 heavy (non-hydrogen) atoms. The number of likely N-dealkylation sites (tertiary alicyclic amines) is 1. The highest BCUT2D eigenvalue weighted by Gasteiger charge is 2.31. The third kappa shape index (κ3) is 8.56. The van der Waals surface area contributed by atoms with E-state index in [9.17, 15) is 14.7 Å². The van der Waals surface area contributed by atoms with Gasteiger partial charge in [0.15, 0.2) is 0 Å². The van der Waals surface area contributed by atoms with E-state index in [1.807, 2.05) is 0 Å². The molecule has 2 rings (SSSR count). The second-order valence-electron chi connectivity index (χ2n) is 6.68. The third-order valence-corrected chi connectivity index (χ3v) is 4.11. The summed E-state index contributed by atoms with van der Waals surface area (Å²) in [5, 5.41) is 22.8. The van der Waals surface area contributed by atoms with Crippen LogP contribution in [0.1, 0.15) is 5.69 Å². The molecule has 1 aromatic rings. The maximum Gasteiger partial charge on any atom is 0.317 e. The predicted molar refractivity (Wildman–Crippen MR) is 103 cm³/mol. The maximum atomic E-state index is 11.8. The number of carbonyl (C=O) groups is 2. The first kappa shape index (κ1) is 23.9. The zero-order valence-electron chi connectivity index (χ0n) is 16.7. The Hall–Kier alpha value is -2.36. The number of urea groups is 1. The highest BCUT2D eigenvalue weighted by atomic mass is 16.6. The summed E-state index contributed by atoms with van der Waals surface area (Å²) in [4.78, 5) is 29.5. The Kier molecular flexibility index (Phi) is 10.4. The molecule has 1 aromatic heterocycles. The standard InChI is InChI=1S/C16H30N8O6/c17-1-2-19-15(26)9-24-6-12(21-22-24)10-28-3-4-29-11-13(25)5-20-16(27)23-7-14(8-23)30-18/h6,13-14,25H,1-5,7-11,17-18H2,(H,19,26)(H,20,27). The van der Waals surface area contributed by atoms with Crippen molar-refractivity contribution in [3.8, 4) is 0 Å². The van der Waals surface area contributed by atoms with Crippen LogP contribution in [-0.4, -0.2) is 102 Å². The van der Waals surface area contributed by atoms with Gasteiger partial charge >= 0.3 is 6.03 Å².